The summed E-state index contributed by atoms with van der Waals surface area (Å²) in [4.78, 5) is 25.5. The van der Waals surface area contributed by atoms with Crippen LogP contribution in [0.3, 0.4) is 0 Å². The van der Waals surface area contributed by atoms with Gasteiger partial charge in [-0.15, -0.1) is 0 Å². The predicted octanol–water partition coefficient (Wildman–Crippen LogP) is 2.01. The third-order valence-corrected chi connectivity index (χ3v) is 4.49. The number of hydrogen-bond acceptors (Lipinski definition) is 3. The second-order valence-corrected chi connectivity index (χ2v) is 5.82. The van der Waals surface area contributed by atoms with Crippen molar-refractivity contribution in [1.82, 2.24) is 10.2 Å². The average molecular weight is 284 g/mol. The standard InChI is InChI=1S/C15H28N2O3/c1-4-15(3,14(19)20)16-11-13(18)17(5-2)12-9-7-6-8-10-12/h12,16H,4-11H2,1-3H3,(H,19,20). The predicted molar refractivity (Wildman–Crippen MR) is 78.6 cm³/mol. The molecule has 1 atom stereocenters. The Hall–Kier alpha value is -1.10. The van der Waals surface area contributed by atoms with Crippen LogP contribution >= 0.6 is 0 Å². The Balaban J connectivity index is 2.56. The largest absolute Gasteiger partial charge is 0.480 e. The molecule has 0 aliphatic heterocycles. The number of nitrogens with zero attached hydrogens (tertiary/aromatic N) is 1. The first-order valence-corrected chi connectivity index (χ1v) is 7.72. The number of rotatable bonds is 7. The van der Waals surface area contributed by atoms with E-state index in [2.05, 4.69) is 5.32 Å². The van der Waals surface area contributed by atoms with Crippen molar-refractivity contribution in [3.05, 3.63) is 0 Å². The summed E-state index contributed by atoms with van der Waals surface area (Å²) in [5, 5.41) is 12.1. The summed E-state index contributed by atoms with van der Waals surface area (Å²) in [5.74, 6) is -0.895. The van der Waals surface area contributed by atoms with Crippen molar-refractivity contribution in [2.75, 3.05) is 13.1 Å². The highest BCUT2D eigenvalue weighted by molar-refractivity contribution is 5.82. The van der Waals surface area contributed by atoms with Crippen molar-refractivity contribution in [2.24, 2.45) is 0 Å². The van der Waals surface area contributed by atoms with Crippen molar-refractivity contribution in [3.8, 4) is 0 Å². The van der Waals surface area contributed by atoms with Gasteiger partial charge in [0.1, 0.15) is 5.54 Å². The van der Waals surface area contributed by atoms with Crippen LogP contribution in [0.25, 0.3) is 0 Å². The number of amides is 1. The Morgan fingerprint density at radius 1 is 1.25 bits per heavy atom. The monoisotopic (exact) mass is 284 g/mol. The minimum atomic E-state index is -1.03. The van der Waals surface area contributed by atoms with Gasteiger partial charge in [0.05, 0.1) is 6.54 Å². The Bertz CT molecular complexity index is 340. The van der Waals surface area contributed by atoms with E-state index in [-0.39, 0.29) is 12.5 Å². The number of carboxylic acids is 1. The fourth-order valence-corrected chi connectivity index (χ4v) is 2.75. The molecule has 1 rings (SSSR count). The maximum absolute atomic E-state index is 12.3. The molecule has 1 saturated carbocycles. The molecule has 20 heavy (non-hydrogen) atoms. The van der Waals surface area contributed by atoms with Gasteiger partial charge in [-0.3, -0.25) is 14.9 Å². The van der Waals surface area contributed by atoms with Gasteiger partial charge in [-0.25, -0.2) is 0 Å². The van der Waals surface area contributed by atoms with Crippen LogP contribution in [0.15, 0.2) is 0 Å². The summed E-state index contributed by atoms with van der Waals surface area (Å²) in [5.41, 5.74) is -1.03. The lowest BCUT2D eigenvalue weighted by Crippen LogP contribution is -2.54. The van der Waals surface area contributed by atoms with Crippen molar-refractivity contribution < 1.29 is 14.7 Å². The highest BCUT2D eigenvalue weighted by Gasteiger charge is 2.32. The molecule has 1 aliphatic rings. The summed E-state index contributed by atoms with van der Waals surface area (Å²) >= 11 is 0. The molecule has 0 aromatic carbocycles. The van der Waals surface area contributed by atoms with E-state index in [1.165, 1.54) is 19.3 Å². The van der Waals surface area contributed by atoms with E-state index in [1.54, 1.807) is 6.92 Å². The van der Waals surface area contributed by atoms with E-state index in [9.17, 15) is 14.7 Å². The summed E-state index contributed by atoms with van der Waals surface area (Å²) in [7, 11) is 0. The van der Waals surface area contributed by atoms with Crippen LogP contribution < -0.4 is 5.32 Å². The molecule has 0 spiro atoms. The number of carbonyl (C=O) groups excluding carboxylic acids is 1. The Morgan fingerprint density at radius 3 is 2.30 bits per heavy atom. The van der Waals surface area contributed by atoms with Gasteiger partial charge in [0, 0.05) is 12.6 Å². The van der Waals surface area contributed by atoms with Crippen LogP contribution in [0.2, 0.25) is 0 Å². The van der Waals surface area contributed by atoms with Crippen LogP contribution in [0.5, 0.6) is 0 Å². The molecule has 2 N–H and O–H groups in total. The second kappa shape index (κ2) is 7.62. The molecule has 1 aliphatic carbocycles. The van der Waals surface area contributed by atoms with Gasteiger partial charge < -0.3 is 10.0 Å². The molecule has 0 aromatic heterocycles. The van der Waals surface area contributed by atoms with E-state index in [1.807, 2.05) is 18.7 Å². The molecular weight excluding hydrogens is 256 g/mol. The fraction of sp³-hybridized carbons (Fsp3) is 0.867. The molecule has 0 aromatic rings. The molecule has 5 heteroatoms. The van der Waals surface area contributed by atoms with Gasteiger partial charge in [0.25, 0.3) is 0 Å². The Labute approximate surface area is 121 Å². The van der Waals surface area contributed by atoms with E-state index in [4.69, 9.17) is 0 Å². The molecule has 1 unspecified atom stereocenters. The minimum absolute atomic E-state index is 0.0142. The quantitative estimate of drug-likeness (QED) is 0.750. The van der Waals surface area contributed by atoms with Gasteiger partial charge in [0.2, 0.25) is 5.91 Å². The number of aliphatic carboxylic acids is 1. The highest BCUT2D eigenvalue weighted by Crippen LogP contribution is 2.22. The molecule has 1 amide bonds. The third-order valence-electron chi connectivity index (χ3n) is 4.49. The smallest absolute Gasteiger partial charge is 0.323 e. The highest BCUT2D eigenvalue weighted by atomic mass is 16.4. The fourth-order valence-electron chi connectivity index (χ4n) is 2.75. The zero-order valence-corrected chi connectivity index (χ0v) is 12.9. The average Bonchev–Trinajstić information content (AvgIpc) is 2.46. The first kappa shape index (κ1) is 17.0. The second-order valence-electron chi connectivity index (χ2n) is 5.82. The first-order chi connectivity index (χ1) is 9.44. The Morgan fingerprint density at radius 2 is 1.85 bits per heavy atom. The van der Waals surface area contributed by atoms with Gasteiger partial charge in [-0.2, -0.15) is 0 Å². The third kappa shape index (κ3) is 4.20. The molecule has 0 bridgehead atoms. The van der Waals surface area contributed by atoms with E-state index in [0.717, 1.165) is 12.8 Å². The lowest BCUT2D eigenvalue weighted by atomic mass is 9.94. The van der Waals surface area contributed by atoms with Crippen LogP contribution in [0.1, 0.15) is 59.3 Å². The number of carbonyl (C=O) groups is 2. The van der Waals surface area contributed by atoms with Gasteiger partial charge in [0.15, 0.2) is 0 Å². The SMILES string of the molecule is CCN(C(=O)CNC(C)(CC)C(=O)O)C1CCCCC1. The molecule has 0 saturated heterocycles. The molecule has 0 heterocycles. The van der Waals surface area contributed by atoms with Crippen LogP contribution in [-0.4, -0.2) is 46.6 Å². The lowest BCUT2D eigenvalue weighted by Gasteiger charge is -2.34. The van der Waals surface area contributed by atoms with Gasteiger partial charge in [-0.05, 0) is 33.1 Å². The van der Waals surface area contributed by atoms with Gasteiger partial charge in [-0.1, -0.05) is 26.2 Å². The first-order valence-electron chi connectivity index (χ1n) is 7.72. The zero-order chi connectivity index (χ0) is 15.2. The van der Waals surface area contributed by atoms with E-state index >= 15 is 0 Å². The number of likely N-dealkylation sites (N-methyl/N-ethyl adjacent to an activating group) is 1. The lowest BCUT2D eigenvalue weighted by molar-refractivity contribution is -0.144. The van der Waals surface area contributed by atoms with Crippen LogP contribution in [0, 0.1) is 0 Å². The summed E-state index contributed by atoms with van der Waals surface area (Å²) in [6.45, 7) is 6.22. The molecule has 1 fully saturated rings. The number of hydrogen-bond donors (Lipinski definition) is 2. The topological polar surface area (TPSA) is 69.6 Å². The minimum Gasteiger partial charge on any atom is -0.480 e. The maximum atomic E-state index is 12.3. The normalized spacial score (nSPS) is 19.4. The molecular formula is C15H28N2O3. The Kier molecular flexibility index (Phi) is 6.46. The molecule has 0 radical (unpaired) electrons. The molecule has 116 valence electrons. The van der Waals surface area contributed by atoms with Crippen LogP contribution in [0.4, 0.5) is 0 Å². The van der Waals surface area contributed by atoms with E-state index < -0.39 is 11.5 Å². The number of carboxylic acid groups (broad SMARTS) is 1. The summed E-state index contributed by atoms with van der Waals surface area (Å²) in [6.07, 6.45) is 6.22. The van der Waals surface area contributed by atoms with Crippen LogP contribution in [-0.2, 0) is 9.59 Å². The van der Waals surface area contributed by atoms with Crippen molar-refractivity contribution >= 4 is 11.9 Å². The number of nitrogens with one attached hydrogen (secondary N) is 1. The van der Waals surface area contributed by atoms with Crippen molar-refractivity contribution in [1.29, 1.82) is 0 Å². The van der Waals surface area contributed by atoms with Gasteiger partial charge >= 0.3 is 5.97 Å². The summed E-state index contributed by atoms with van der Waals surface area (Å²) < 4.78 is 0. The summed E-state index contributed by atoms with van der Waals surface area (Å²) in [6, 6.07) is 0.334. The van der Waals surface area contributed by atoms with Crippen molar-refractivity contribution in [2.45, 2.75) is 70.9 Å². The van der Waals surface area contributed by atoms with E-state index in [0.29, 0.717) is 19.0 Å². The zero-order valence-electron chi connectivity index (χ0n) is 12.9. The van der Waals surface area contributed by atoms with Crippen molar-refractivity contribution in [3.63, 3.8) is 0 Å². The maximum Gasteiger partial charge on any atom is 0.323 e. The molecule has 5 nitrogen and oxygen atoms in total.